The van der Waals surface area contributed by atoms with Gasteiger partial charge in [-0.15, -0.1) is 0 Å². The molecule has 2 heterocycles. The van der Waals surface area contributed by atoms with Crippen LogP contribution >= 0.6 is 0 Å². The number of aliphatic hydroxyl groups is 1. The van der Waals surface area contributed by atoms with Gasteiger partial charge in [-0.25, -0.2) is 0 Å². The van der Waals surface area contributed by atoms with Crippen molar-refractivity contribution in [2.75, 3.05) is 20.2 Å². The molecule has 2 atom stereocenters. The summed E-state index contributed by atoms with van der Waals surface area (Å²) >= 11 is 0. The number of nitrogens with zero attached hydrogens (tertiary/aromatic N) is 1. The Morgan fingerprint density at radius 3 is 3.05 bits per heavy atom. The van der Waals surface area contributed by atoms with E-state index in [9.17, 15) is 10.2 Å². The van der Waals surface area contributed by atoms with Crippen LogP contribution in [0.25, 0.3) is 0 Å². The predicted molar refractivity (Wildman–Crippen MR) is 79.5 cm³/mol. The Labute approximate surface area is 124 Å². The highest BCUT2D eigenvalue weighted by molar-refractivity contribution is 5.57. The van der Waals surface area contributed by atoms with Gasteiger partial charge in [0, 0.05) is 19.5 Å². The van der Waals surface area contributed by atoms with Crippen LogP contribution in [0.1, 0.15) is 17.5 Å². The molecule has 0 radical (unpaired) electrons. The van der Waals surface area contributed by atoms with Gasteiger partial charge in [0.15, 0.2) is 11.5 Å². The normalized spacial score (nSPS) is 30.4. The molecule has 0 saturated heterocycles. The zero-order valence-corrected chi connectivity index (χ0v) is 12.0. The Hall–Kier alpha value is -1.78. The van der Waals surface area contributed by atoms with Gasteiger partial charge in [0.25, 0.3) is 0 Å². The molecule has 0 saturated carbocycles. The van der Waals surface area contributed by atoms with Crippen LogP contribution in [0, 0.1) is 0 Å². The van der Waals surface area contributed by atoms with E-state index < -0.39 is 6.10 Å². The molecule has 4 nitrogen and oxygen atoms in total. The molecule has 4 rings (SSSR count). The van der Waals surface area contributed by atoms with Crippen molar-refractivity contribution >= 4 is 0 Å². The topological polar surface area (TPSA) is 52.9 Å². The van der Waals surface area contributed by atoms with Gasteiger partial charge >= 0.3 is 0 Å². The maximum Gasteiger partial charge on any atom is 0.160 e. The Balaban J connectivity index is 1.95. The second-order valence-corrected chi connectivity index (χ2v) is 6.03. The molecule has 0 fully saturated rings. The molecule has 2 aliphatic heterocycles. The lowest BCUT2D eigenvalue weighted by atomic mass is 9.71. The van der Waals surface area contributed by atoms with Gasteiger partial charge in [-0.3, -0.25) is 4.90 Å². The van der Waals surface area contributed by atoms with E-state index in [1.807, 2.05) is 24.3 Å². The molecule has 1 aromatic carbocycles. The van der Waals surface area contributed by atoms with Crippen molar-refractivity contribution in [1.82, 2.24) is 4.90 Å². The summed E-state index contributed by atoms with van der Waals surface area (Å²) in [6.45, 7) is 1.86. The number of rotatable bonds is 1. The van der Waals surface area contributed by atoms with E-state index in [2.05, 4.69) is 11.0 Å². The standard InChI is InChI=1S/C17H19NO3/c1-21-16-9-14-11(8-15(16)20)4-6-18-7-5-12-2-3-13(19)10-17(12,14)18/h2-3,5,8-9,13,19-20H,4,6-7,10H2,1H3/t13-,17-/m0/s1. The van der Waals surface area contributed by atoms with Gasteiger partial charge in [0.2, 0.25) is 0 Å². The molecular formula is C17H19NO3. The van der Waals surface area contributed by atoms with Crippen LogP contribution in [0.3, 0.4) is 0 Å². The summed E-state index contributed by atoms with van der Waals surface area (Å²) in [7, 11) is 1.57. The summed E-state index contributed by atoms with van der Waals surface area (Å²) < 4.78 is 5.29. The molecule has 4 heteroatoms. The van der Waals surface area contributed by atoms with Crippen LogP contribution in [-0.2, 0) is 12.0 Å². The number of phenolic OH excluding ortho intramolecular Hbond substituents is 1. The minimum absolute atomic E-state index is 0.191. The van der Waals surface area contributed by atoms with E-state index in [-0.39, 0.29) is 11.3 Å². The Kier molecular flexibility index (Phi) is 2.68. The lowest BCUT2D eigenvalue weighted by molar-refractivity contribution is 0.0769. The second kappa shape index (κ2) is 4.36. The fourth-order valence-electron chi connectivity index (χ4n) is 4.09. The number of methoxy groups -OCH3 is 1. The van der Waals surface area contributed by atoms with Crippen LogP contribution in [-0.4, -0.2) is 41.4 Å². The molecule has 0 amide bonds. The van der Waals surface area contributed by atoms with Crippen molar-refractivity contribution in [1.29, 1.82) is 0 Å². The van der Waals surface area contributed by atoms with E-state index in [1.54, 1.807) is 7.11 Å². The Bertz CT molecular complexity index is 664. The fraction of sp³-hybridized carbons (Fsp3) is 0.412. The molecule has 1 spiro atoms. The van der Waals surface area contributed by atoms with Crippen LogP contribution < -0.4 is 4.74 Å². The summed E-state index contributed by atoms with van der Waals surface area (Å²) in [6.07, 6.45) is 7.30. The monoisotopic (exact) mass is 285 g/mol. The molecule has 1 aromatic rings. The average molecular weight is 285 g/mol. The number of hydrogen-bond donors (Lipinski definition) is 2. The number of hydrogen-bond acceptors (Lipinski definition) is 4. The molecule has 0 unspecified atom stereocenters. The average Bonchev–Trinajstić information content (AvgIpc) is 2.85. The highest BCUT2D eigenvalue weighted by Crippen LogP contribution is 2.51. The molecule has 110 valence electrons. The molecule has 3 aliphatic rings. The first-order valence-electron chi connectivity index (χ1n) is 7.37. The second-order valence-electron chi connectivity index (χ2n) is 6.03. The zero-order valence-electron chi connectivity index (χ0n) is 12.0. The minimum Gasteiger partial charge on any atom is -0.504 e. The number of fused-ring (bicyclic) bond motifs is 1. The third-order valence-corrected chi connectivity index (χ3v) is 5.05. The minimum atomic E-state index is -0.437. The summed E-state index contributed by atoms with van der Waals surface area (Å²) in [5.74, 6) is 0.691. The molecule has 21 heavy (non-hydrogen) atoms. The van der Waals surface area contributed by atoms with Crippen LogP contribution in [0.2, 0.25) is 0 Å². The van der Waals surface area contributed by atoms with Gasteiger partial charge in [-0.2, -0.15) is 0 Å². The lowest BCUT2D eigenvalue weighted by Gasteiger charge is -2.47. The predicted octanol–water partition coefficient (Wildman–Crippen LogP) is 1.71. The summed E-state index contributed by atoms with van der Waals surface area (Å²) in [5.41, 5.74) is 3.31. The van der Waals surface area contributed by atoms with Crippen molar-refractivity contribution < 1.29 is 14.9 Å². The van der Waals surface area contributed by atoms with Gasteiger partial charge < -0.3 is 14.9 Å². The van der Waals surface area contributed by atoms with E-state index in [1.165, 1.54) is 5.57 Å². The summed E-state index contributed by atoms with van der Waals surface area (Å²) in [5, 5.41) is 20.2. The van der Waals surface area contributed by atoms with E-state index in [4.69, 9.17) is 4.74 Å². The highest BCUT2D eigenvalue weighted by Gasteiger charge is 2.49. The molecule has 1 aliphatic carbocycles. The first kappa shape index (κ1) is 12.9. The number of phenols is 1. The maximum atomic E-state index is 10.2. The van der Waals surface area contributed by atoms with Crippen LogP contribution in [0.4, 0.5) is 0 Å². The zero-order chi connectivity index (χ0) is 14.6. The maximum absolute atomic E-state index is 10.2. The number of aliphatic hydroxyl groups excluding tert-OH is 1. The SMILES string of the molecule is COc1cc2c(cc1O)CCN1CC=C3C=C[C@H](O)C[C@]321. The summed E-state index contributed by atoms with van der Waals surface area (Å²) in [6, 6.07) is 3.77. The Morgan fingerprint density at radius 2 is 2.24 bits per heavy atom. The fourth-order valence-corrected chi connectivity index (χ4v) is 4.09. The smallest absolute Gasteiger partial charge is 0.160 e. The van der Waals surface area contributed by atoms with Crippen molar-refractivity contribution in [2.24, 2.45) is 0 Å². The van der Waals surface area contributed by atoms with Gasteiger partial charge in [0.1, 0.15) is 0 Å². The third kappa shape index (κ3) is 1.63. The first-order valence-corrected chi connectivity index (χ1v) is 7.37. The van der Waals surface area contributed by atoms with Gasteiger partial charge in [-0.05, 0) is 35.3 Å². The molecular weight excluding hydrogens is 266 g/mol. The van der Waals surface area contributed by atoms with E-state index in [0.29, 0.717) is 12.2 Å². The first-order chi connectivity index (χ1) is 10.1. The third-order valence-electron chi connectivity index (χ3n) is 5.05. The van der Waals surface area contributed by atoms with Crippen molar-refractivity contribution in [3.8, 4) is 11.5 Å². The van der Waals surface area contributed by atoms with Crippen molar-refractivity contribution in [2.45, 2.75) is 24.5 Å². The number of aromatic hydroxyl groups is 1. The number of benzene rings is 1. The van der Waals surface area contributed by atoms with Gasteiger partial charge in [0.05, 0.1) is 18.8 Å². The summed E-state index contributed by atoms with van der Waals surface area (Å²) in [4.78, 5) is 2.42. The molecule has 2 N–H and O–H groups in total. The quantitative estimate of drug-likeness (QED) is 0.825. The largest absolute Gasteiger partial charge is 0.504 e. The molecule has 0 bridgehead atoms. The van der Waals surface area contributed by atoms with E-state index in [0.717, 1.165) is 30.6 Å². The lowest BCUT2D eigenvalue weighted by Crippen LogP contribution is -2.51. The van der Waals surface area contributed by atoms with Crippen LogP contribution in [0.15, 0.2) is 35.9 Å². The van der Waals surface area contributed by atoms with Crippen molar-refractivity contribution in [3.05, 3.63) is 47.1 Å². The van der Waals surface area contributed by atoms with E-state index >= 15 is 0 Å². The number of ether oxygens (including phenoxy) is 1. The van der Waals surface area contributed by atoms with Crippen molar-refractivity contribution in [3.63, 3.8) is 0 Å². The molecule has 0 aromatic heterocycles. The van der Waals surface area contributed by atoms with Crippen LogP contribution in [0.5, 0.6) is 11.5 Å². The van der Waals surface area contributed by atoms with Gasteiger partial charge in [-0.1, -0.05) is 18.2 Å². The highest BCUT2D eigenvalue weighted by atomic mass is 16.5. The Morgan fingerprint density at radius 1 is 1.38 bits per heavy atom.